The summed E-state index contributed by atoms with van der Waals surface area (Å²) in [5.74, 6) is -0.830. The molecular weight excluding hydrogens is 439 g/mol. The van der Waals surface area contributed by atoms with Crippen molar-refractivity contribution in [2.75, 3.05) is 4.90 Å². The number of nitrogens with one attached hydrogen (secondary N) is 1. The predicted molar refractivity (Wildman–Crippen MR) is 137 cm³/mol. The molecule has 0 spiro atoms. The first kappa shape index (κ1) is 23.9. The van der Waals surface area contributed by atoms with Gasteiger partial charge < -0.3 is 10.2 Å². The first-order valence-corrected chi connectivity index (χ1v) is 11.5. The van der Waals surface area contributed by atoms with Crippen LogP contribution in [0.15, 0.2) is 109 Å². The topological polar surface area (TPSA) is 49.4 Å². The standard InChI is InChI=1S/C30H27FN2O2/c1-22(25-11-6-3-7-12-25)32-29(34)19-23-15-17-28(18-16-23)33(21-24-9-4-2-5-10-24)30(35)26-13-8-14-27(31)20-26/h2-18,20,22H,19,21H2,1H3,(H,32,34). The lowest BCUT2D eigenvalue weighted by molar-refractivity contribution is -0.121. The van der Waals surface area contributed by atoms with Gasteiger partial charge >= 0.3 is 0 Å². The van der Waals surface area contributed by atoms with Crippen LogP contribution in [0.4, 0.5) is 10.1 Å². The van der Waals surface area contributed by atoms with E-state index in [1.807, 2.05) is 91.9 Å². The Labute approximate surface area is 205 Å². The Morgan fingerprint density at radius 1 is 0.800 bits per heavy atom. The van der Waals surface area contributed by atoms with Gasteiger partial charge in [-0.15, -0.1) is 0 Å². The van der Waals surface area contributed by atoms with Crippen LogP contribution in [0.25, 0.3) is 0 Å². The number of benzene rings is 4. The van der Waals surface area contributed by atoms with E-state index < -0.39 is 5.82 Å². The van der Waals surface area contributed by atoms with Gasteiger partial charge in [0, 0.05) is 11.3 Å². The maximum absolute atomic E-state index is 13.8. The van der Waals surface area contributed by atoms with E-state index in [1.54, 1.807) is 11.0 Å². The van der Waals surface area contributed by atoms with Crippen LogP contribution in [0.5, 0.6) is 0 Å². The minimum Gasteiger partial charge on any atom is -0.349 e. The van der Waals surface area contributed by atoms with Crippen LogP contribution in [0.1, 0.15) is 40.0 Å². The van der Waals surface area contributed by atoms with E-state index in [4.69, 9.17) is 0 Å². The molecule has 35 heavy (non-hydrogen) atoms. The molecule has 0 radical (unpaired) electrons. The zero-order valence-corrected chi connectivity index (χ0v) is 19.5. The summed E-state index contributed by atoms with van der Waals surface area (Å²) < 4.78 is 13.8. The molecular formula is C30H27FN2O2. The van der Waals surface area contributed by atoms with Crippen LogP contribution >= 0.6 is 0 Å². The molecule has 4 aromatic rings. The van der Waals surface area contributed by atoms with E-state index in [0.717, 1.165) is 16.7 Å². The summed E-state index contributed by atoms with van der Waals surface area (Å²) in [6.07, 6.45) is 0.230. The molecule has 0 saturated heterocycles. The summed E-state index contributed by atoms with van der Waals surface area (Å²) in [5.41, 5.74) is 3.79. The summed E-state index contributed by atoms with van der Waals surface area (Å²) in [7, 11) is 0. The Morgan fingerprint density at radius 2 is 1.46 bits per heavy atom. The van der Waals surface area contributed by atoms with Crippen molar-refractivity contribution in [2.24, 2.45) is 0 Å². The summed E-state index contributed by atoms with van der Waals surface area (Å²) >= 11 is 0. The molecule has 0 saturated carbocycles. The molecule has 4 aromatic carbocycles. The first-order valence-electron chi connectivity index (χ1n) is 11.5. The van der Waals surface area contributed by atoms with E-state index in [0.29, 0.717) is 12.2 Å². The van der Waals surface area contributed by atoms with Crippen molar-refractivity contribution in [3.63, 3.8) is 0 Å². The molecule has 1 atom stereocenters. The van der Waals surface area contributed by atoms with Crippen LogP contribution in [0, 0.1) is 5.82 Å². The third-order valence-electron chi connectivity index (χ3n) is 5.79. The van der Waals surface area contributed by atoms with Crippen molar-refractivity contribution in [3.05, 3.63) is 137 Å². The van der Waals surface area contributed by atoms with Gasteiger partial charge in [0.25, 0.3) is 5.91 Å². The second-order valence-electron chi connectivity index (χ2n) is 8.43. The van der Waals surface area contributed by atoms with E-state index >= 15 is 0 Å². The van der Waals surface area contributed by atoms with Gasteiger partial charge in [-0.3, -0.25) is 9.59 Å². The smallest absolute Gasteiger partial charge is 0.258 e. The lowest BCUT2D eigenvalue weighted by Gasteiger charge is -2.23. The van der Waals surface area contributed by atoms with Gasteiger partial charge in [0.1, 0.15) is 5.82 Å². The molecule has 5 heteroatoms. The zero-order valence-electron chi connectivity index (χ0n) is 19.5. The zero-order chi connectivity index (χ0) is 24.6. The second-order valence-corrected chi connectivity index (χ2v) is 8.43. The normalized spacial score (nSPS) is 11.5. The van der Waals surface area contributed by atoms with Crippen LogP contribution in [0.2, 0.25) is 0 Å². The molecule has 0 aliphatic carbocycles. The lowest BCUT2D eigenvalue weighted by atomic mass is 10.1. The third kappa shape index (κ3) is 6.42. The fourth-order valence-electron chi connectivity index (χ4n) is 3.92. The molecule has 4 nitrogen and oxygen atoms in total. The van der Waals surface area contributed by atoms with E-state index in [1.165, 1.54) is 18.2 Å². The Kier molecular flexibility index (Phi) is 7.68. The molecule has 176 valence electrons. The van der Waals surface area contributed by atoms with E-state index in [-0.39, 0.29) is 29.8 Å². The highest BCUT2D eigenvalue weighted by Gasteiger charge is 2.19. The van der Waals surface area contributed by atoms with Crippen molar-refractivity contribution in [2.45, 2.75) is 25.9 Å². The average Bonchev–Trinajstić information content (AvgIpc) is 2.88. The predicted octanol–water partition coefficient (Wildman–Crippen LogP) is 6.09. The van der Waals surface area contributed by atoms with Crippen LogP contribution < -0.4 is 10.2 Å². The molecule has 0 fully saturated rings. The molecule has 0 aliphatic heterocycles. The Morgan fingerprint density at radius 3 is 2.11 bits per heavy atom. The van der Waals surface area contributed by atoms with Crippen molar-refractivity contribution < 1.29 is 14.0 Å². The lowest BCUT2D eigenvalue weighted by Crippen LogP contribution is -2.30. The second kappa shape index (κ2) is 11.3. The molecule has 0 aliphatic rings. The number of rotatable bonds is 8. The fourth-order valence-corrected chi connectivity index (χ4v) is 3.92. The van der Waals surface area contributed by atoms with Gasteiger partial charge in [0.15, 0.2) is 0 Å². The SMILES string of the molecule is CC(NC(=O)Cc1ccc(N(Cc2ccccc2)C(=O)c2cccc(F)c2)cc1)c1ccccc1. The first-order chi connectivity index (χ1) is 17.0. The summed E-state index contributed by atoms with van der Waals surface area (Å²) in [4.78, 5) is 27.5. The maximum Gasteiger partial charge on any atom is 0.258 e. The monoisotopic (exact) mass is 466 g/mol. The van der Waals surface area contributed by atoms with Gasteiger partial charge in [0.05, 0.1) is 19.0 Å². The van der Waals surface area contributed by atoms with Crippen molar-refractivity contribution in [1.29, 1.82) is 0 Å². The van der Waals surface area contributed by atoms with Crippen LogP contribution in [-0.4, -0.2) is 11.8 Å². The Hall–Kier alpha value is -4.25. The van der Waals surface area contributed by atoms with Gasteiger partial charge in [-0.25, -0.2) is 4.39 Å². The van der Waals surface area contributed by atoms with Crippen LogP contribution in [0.3, 0.4) is 0 Å². The number of nitrogens with zero attached hydrogens (tertiary/aromatic N) is 1. The number of halogens is 1. The molecule has 1 unspecified atom stereocenters. The molecule has 0 bridgehead atoms. The highest BCUT2D eigenvalue weighted by atomic mass is 19.1. The average molecular weight is 467 g/mol. The summed E-state index contributed by atoms with van der Waals surface area (Å²) in [6.45, 7) is 2.29. The van der Waals surface area contributed by atoms with Gasteiger partial charge in [-0.2, -0.15) is 0 Å². The van der Waals surface area contributed by atoms with Crippen molar-refractivity contribution in [1.82, 2.24) is 5.32 Å². The van der Waals surface area contributed by atoms with Crippen molar-refractivity contribution >= 4 is 17.5 Å². The highest BCUT2D eigenvalue weighted by molar-refractivity contribution is 6.06. The number of hydrogen-bond acceptors (Lipinski definition) is 2. The Balaban J connectivity index is 1.50. The molecule has 2 amide bonds. The molecule has 0 heterocycles. The quantitative estimate of drug-likeness (QED) is 0.341. The highest BCUT2D eigenvalue weighted by Crippen LogP contribution is 2.22. The number of carbonyl (C=O) groups excluding carboxylic acids is 2. The minimum absolute atomic E-state index is 0.0777. The largest absolute Gasteiger partial charge is 0.349 e. The molecule has 4 rings (SSSR count). The fraction of sp³-hybridized carbons (Fsp3) is 0.133. The minimum atomic E-state index is -0.457. The van der Waals surface area contributed by atoms with Crippen molar-refractivity contribution in [3.8, 4) is 0 Å². The molecule has 1 N–H and O–H groups in total. The Bertz CT molecular complexity index is 1270. The van der Waals surface area contributed by atoms with E-state index in [2.05, 4.69) is 5.32 Å². The van der Waals surface area contributed by atoms with Gasteiger partial charge in [-0.05, 0) is 53.9 Å². The van der Waals surface area contributed by atoms with E-state index in [9.17, 15) is 14.0 Å². The van der Waals surface area contributed by atoms with Gasteiger partial charge in [-0.1, -0.05) is 78.9 Å². The summed E-state index contributed by atoms with van der Waals surface area (Å²) in [5, 5.41) is 3.02. The van der Waals surface area contributed by atoms with Crippen LogP contribution in [-0.2, 0) is 17.8 Å². The maximum atomic E-state index is 13.8. The number of anilines is 1. The summed E-state index contributed by atoms with van der Waals surface area (Å²) in [6, 6.07) is 32.4. The third-order valence-corrected chi connectivity index (χ3v) is 5.79. The number of carbonyl (C=O) groups is 2. The number of hydrogen-bond donors (Lipinski definition) is 1. The molecule has 0 aromatic heterocycles. The van der Waals surface area contributed by atoms with Gasteiger partial charge in [0.2, 0.25) is 5.91 Å². The number of amides is 2.